The van der Waals surface area contributed by atoms with Crippen molar-refractivity contribution >= 4 is 17.5 Å². The molecule has 0 spiro atoms. The van der Waals surface area contributed by atoms with Gasteiger partial charge in [-0.2, -0.15) is 10.1 Å². The van der Waals surface area contributed by atoms with E-state index in [1.807, 2.05) is 36.5 Å². The molecule has 2 aromatic heterocycles. The number of rotatable bonds is 6. The lowest BCUT2D eigenvalue weighted by molar-refractivity contribution is 0.812. The first-order valence-corrected chi connectivity index (χ1v) is 8.25. The predicted molar refractivity (Wildman–Crippen MR) is 100 cm³/mol. The second kappa shape index (κ2) is 7.70. The highest BCUT2D eigenvalue weighted by Gasteiger charge is 2.07. The van der Waals surface area contributed by atoms with Crippen molar-refractivity contribution in [3.63, 3.8) is 0 Å². The van der Waals surface area contributed by atoms with E-state index in [0.29, 0.717) is 11.8 Å². The van der Waals surface area contributed by atoms with Crippen LogP contribution in [0.5, 0.6) is 0 Å². The van der Waals surface area contributed by atoms with Gasteiger partial charge in [-0.1, -0.05) is 6.07 Å². The number of aryl methyl sites for hydroxylation is 2. The van der Waals surface area contributed by atoms with Crippen LogP contribution in [0.4, 0.5) is 17.5 Å². The van der Waals surface area contributed by atoms with Gasteiger partial charge in [0.15, 0.2) is 5.82 Å². The predicted octanol–water partition coefficient (Wildman–Crippen LogP) is 3.31. The molecule has 0 unspecified atom stereocenters. The van der Waals surface area contributed by atoms with Crippen LogP contribution < -0.4 is 10.2 Å². The number of pyridine rings is 1. The molecule has 0 fully saturated rings. The van der Waals surface area contributed by atoms with Crippen molar-refractivity contribution < 1.29 is 0 Å². The molecule has 1 N–H and O–H groups in total. The van der Waals surface area contributed by atoms with E-state index in [1.54, 1.807) is 6.20 Å². The Bertz CT molecular complexity index is 814. The van der Waals surface area contributed by atoms with Crippen molar-refractivity contribution in [3.8, 4) is 0 Å². The Morgan fingerprint density at radius 3 is 2.48 bits per heavy atom. The molecule has 0 radical (unpaired) electrons. The first-order valence-electron chi connectivity index (χ1n) is 8.25. The smallest absolute Gasteiger partial charge is 0.247 e. The van der Waals surface area contributed by atoms with Gasteiger partial charge in [0, 0.05) is 31.7 Å². The minimum absolute atomic E-state index is 0.600. The maximum atomic E-state index is 4.57. The summed E-state index contributed by atoms with van der Waals surface area (Å²) >= 11 is 0. The molecule has 2 heterocycles. The summed E-state index contributed by atoms with van der Waals surface area (Å²) in [6, 6.07) is 10.3. The fourth-order valence-electron chi connectivity index (χ4n) is 2.66. The SMILES string of the molecule is Cc1cc(C)cc(Nc2cnnc(N(C)CCc3ccncc3)n2)c1. The fourth-order valence-corrected chi connectivity index (χ4v) is 2.66. The third kappa shape index (κ3) is 4.73. The summed E-state index contributed by atoms with van der Waals surface area (Å²) in [6.45, 7) is 4.96. The zero-order valence-corrected chi connectivity index (χ0v) is 14.8. The van der Waals surface area contributed by atoms with E-state index in [9.17, 15) is 0 Å². The molecule has 128 valence electrons. The second-order valence-electron chi connectivity index (χ2n) is 6.17. The summed E-state index contributed by atoms with van der Waals surface area (Å²) in [6.07, 6.45) is 6.15. The van der Waals surface area contributed by atoms with E-state index in [4.69, 9.17) is 0 Å². The lowest BCUT2D eigenvalue weighted by Crippen LogP contribution is -2.23. The molecule has 0 amide bonds. The number of hydrogen-bond acceptors (Lipinski definition) is 6. The van der Waals surface area contributed by atoms with Crippen LogP contribution in [0.2, 0.25) is 0 Å². The van der Waals surface area contributed by atoms with E-state index in [0.717, 1.165) is 18.7 Å². The number of nitrogens with zero attached hydrogens (tertiary/aromatic N) is 5. The normalized spacial score (nSPS) is 10.5. The minimum atomic E-state index is 0.600. The largest absolute Gasteiger partial charge is 0.342 e. The van der Waals surface area contributed by atoms with Gasteiger partial charge >= 0.3 is 0 Å². The van der Waals surface area contributed by atoms with E-state index in [1.165, 1.54) is 16.7 Å². The molecular formula is C19H22N6. The van der Waals surface area contributed by atoms with E-state index in [2.05, 4.69) is 57.5 Å². The zero-order chi connectivity index (χ0) is 17.6. The van der Waals surface area contributed by atoms with Gasteiger partial charge in [-0.05, 0) is 61.2 Å². The average Bonchev–Trinajstić information content (AvgIpc) is 2.60. The maximum Gasteiger partial charge on any atom is 0.247 e. The van der Waals surface area contributed by atoms with Crippen LogP contribution in [0, 0.1) is 13.8 Å². The Morgan fingerprint density at radius 1 is 1.04 bits per heavy atom. The van der Waals surface area contributed by atoms with E-state index in [-0.39, 0.29) is 0 Å². The van der Waals surface area contributed by atoms with Gasteiger partial charge in [-0.15, -0.1) is 5.10 Å². The Morgan fingerprint density at radius 2 is 1.76 bits per heavy atom. The Balaban J connectivity index is 1.68. The molecule has 0 atom stereocenters. The van der Waals surface area contributed by atoms with Gasteiger partial charge in [0.25, 0.3) is 0 Å². The molecule has 0 aliphatic carbocycles. The number of anilines is 3. The lowest BCUT2D eigenvalue weighted by Gasteiger charge is -2.17. The molecule has 0 aliphatic heterocycles. The van der Waals surface area contributed by atoms with Crippen LogP contribution in [-0.4, -0.2) is 33.8 Å². The molecular weight excluding hydrogens is 312 g/mol. The highest BCUT2D eigenvalue weighted by atomic mass is 15.3. The molecule has 25 heavy (non-hydrogen) atoms. The van der Waals surface area contributed by atoms with Gasteiger partial charge in [0.1, 0.15) is 0 Å². The van der Waals surface area contributed by atoms with Crippen LogP contribution in [0.25, 0.3) is 0 Å². The van der Waals surface area contributed by atoms with Crippen LogP contribution in [0.3, 0.4) is 0 Å². The van der Waals surface area contributed by atoms with Crippen molar-refractivity contribution in [1.29, 1.82) is 0 Å². The topological polar surface area (TPSA) is 66.8 Å². The molecule has 3 aromatic rings. The average molecular weight is 334 g/mol. The van der Waals surface area contributed by atoms with Crippen LogP contribution in [-0.2, 0) is 6.42 Å². The number of aromatic nitrogens is 4. The van der Waals surface area contributed by atoms with Crippen LogP contribution in [0.1, 0.15) is 16.7 Å². The van der Waals surface area contributed by atoms with Gasteiger partial charge in [-0.25, -0.2) is 0 Å². The first kappa shape index (κ1) is 16.8. The summed E-state index contributed by atoms with van der Waals surface area (Å²) in [4.78, 5) is 10.6. The number of likely N-dealkylation sites (N-methyl/N-ethyl adjacent to an activating group) is 1. The van der Waals surface area contributed by atoms with Gasteiger partial charge in [-0.3, -0.25) is 4.98 Å². The number of benzene rings is 1. The Labute approximate surface area is 148 Å². The van der Waals surface area contributed by atoms with E-state index < -0.39 is 0 Å². The third-order valence-electron chi connectivity index (χ3n) is 3.87. The Hall–Kier alpha value is -3.02. The monoisotopic (exact) mass is 334 g/mol. The van der Waals surface area contributed by atoms with Crippen LogP contribution >= 0.6 is 0 Å². The second-order valence-corrected chi connectivity index (χ2v) is 6.17. The fraction of sp³-hybridized carbons (Fsp3) is 0.263. The van der Waals surface area contributed by atoms with Gasteiger partial charge < -0.3 is 10.2 Å². The molecule has 0 bridgehead atoms. The molecule has 6 nitrogen and oxygen atoms in total. The Kier molecular flexibility index (Phi) is 5.18. The van der Waals surface area contributed by atoms with Crippen LogP contribution in [0.15, 0.2) is 48.9 Å². The summed E-state index contributed by atoms with van der Waals surface area (Å²) in [7, 11) is 1.97. The summed E-state index contributed by atoms with van der Waals surface area (Å²) in [5, 5.41) is 11.5. The third-order valence-corrected chi connectivity index (χ3v) is 3.87. The van der Waals surface area contributed by atoms with Crippen molar-refractivity contribution in [2.24, 2.45) is 0 Å². The molecule has 0 saturated carbocycles. The summed E-state index contributed by atoms with van der Waals surface area (Å²) < 4.78 is 0. The standard InChI is InChI=1S/C19H22N6/c1-14-10-15(2)12-17(11-14)22-18-13-21-24-19(23-18)25(3)9-6-16-4-7-20-8-5-16/h4-5,7-8,10-13H,6,9H2,1-3H3,(H,22,23,24). The zero-order valence-electron chi connectivity index (χ0n) is 14.8. The lowest BCUT2D eigenvalue weighted by atomic mass is 10.1. The van der Waals surface area contributed by atoms with E-state index >= 15 is 0 Å². The van der Waals surface area contributed by atoms with Crippen molar-refractivity contribution in [1.82, 2.24) is 20.2 Å². The summed E-state index contributed by atoms with van der Waals surface area (Å²) in [5.41, 5.74) is 4.65. The molecule has 0 aliphatic rings. The molecule has 0 saturated heterocycles. The van der Waals surface area contributed by atoms with Gasteiger partial charge in [0.2, 0.25) is 5.95 Å². The first-order chi connectivity index (χ1) is 12.1. The highest BCUT2D eigenvalue weighted by Crippen LogP contribution is 2.18. The molecule has 1 aromatic carbocycles. The molecule has 6 heteroatoms. The number of hydrogen-bond donors (Lipinski definition) is 1. The maximum absolute atomic E-state index is 4.57. The van der Waals surface area contributed by atoms with Crippen molar-refractivity contribution in [2.45, 2.75) is 20.3 Å². The minimum Gasteiger partial charge on any atom is -0.342 e. The highest BCUT2D eigenvalue weighted by molar-refractivity contribution is 5.58. The molecule has 3 rings (SSSR count). The number of nitrogens with one attached hydrogen (secondary N) is 1. The van der Waals surface area contributed by atoms with Crippen molar-refractivity contribution in [3.05, 3.63) is 65.6 Å². The van der Waals surface area contributed by atoms with Crippen molar-refractivity contribution in [2.75, 3.05) is 23.8 Å². The van der Waals surface area contributed by atoms with Gasteiger partial charge in [0.05, 0.1) is 6.20 Å². The summed E-state index contributed by atoms with van der Waals surface area (Å²) in [5.74, 6) is 1.29. The quantitative estimate of drug-likeness (QED) is 0.746.